The third kappa shape index (κ3) is 6.67. The molecule has 3 unspecified atom stereocenters. The van der Waals surface area contributed by atoms with Crippen LogP contribution < -0.4 is 0 Å². The SMILES string of the molecule is [2H][13C]([2H])([2H])C[C@@]1([C@@H]2OC(C3O[C@@](O)(CO)[C@H]([13C]([2H])([2H])[2H])C[C@@H]3[13C]([2H])([2H])[2H])C[C@@H]2[13C]([2H])([2H])[2H])CC[C@H]([C@]2([13C]([2H])([2H])[2H])CC[C@]3(C[C@H](O)[C@@H]([13C]([2H])([2H])[2H])C([C@H]([C@@H](OC)[C@@H](C(=O)O)[13C]([2H])([2H])[2H])[13C]([2H])([2H])[2H])O3)O2)O1. The first-order chi connectivity index (χ1) is 31.6. The van der Waals surface area contributed by atoms with Crippen molar-refractivity contribution in [3.63, 3.8) is 0 Å². The zero-order chi connectivity index (χ0) is 54.7. The van der Waals surface area contributed by atoms with Crippen LogP contribution in [-0.4, -0.2) is 106 Å². The van der Waals surface area contributed by atoms with E-state index in [1.165, 1.54) is 0 Å². The molecule has 0 bridgehead atoms. The van der Waals surface area contributed by atoms with Crippen LogP contribution in [0.1, 0.15) is 139 Å². The molecule has 5 aliphatic rings. The Kier molecular flexibility index (Phi) is 4.97. The Hall–Kier alpha value is -0.890. The number of hydrogen-bond acceptors (Lipinski definition) is 10. The summed E-state index contributed by atoms with van der Waals surface area (Å²) >= 11 is 0. The molecule has 4 N–H and O–H groups in total. The minimum absolute atomic E-state index is 0.447. The molecule has 47 heavy (non-hydrogen) atoms. The Morgan fingerprint density at radius 3 is 2.55 bits per heavy atom. The van der Waals surface area contributed by atoms with Gasteiger partial charge in [0, 0.05) is 70.6 Å². The fourth-order valence-corrected chi connectivity index (χ4v) is 7.83. The Balaban J connectivity index is 1.61. The van der Waals surface area contributed by atoms with Gasteiger partial charge in [0.2, 0.25) is 0 Å². The van der Waals surface area contributed by atoms with Crippen LogP contribution in [0.5, 0.6) is 0 Å². The number of aliphatic hydroxyl groups is 3. The summed E-state index contributed by atoms with van der Waals surface area (Å²) in [6.07, 6.45) is -19.6. The maximum Gasteiger partial charge on any atom is 0.308 e. The number of hydrogen-bond donors (Lipinski definition) is 4. The van der Waals surface area contributed by atoms with Crippen LogP contribution in [0.3, 0.4) is 0 Å². The summed E-state index contributed by atoms with van der Waals surface area (Å²) in [5.41, 5.74) is -4.95. The minimum Gasteiger partial charge on any atom is -0.481 e. The molecule has 0 radical (unpaired) electrons. The normalized spacial score (nSPS) is 60.6. The second kappa shape index (κ2) is 13.7. The van der Waals surface area contributed by atoms with E-state index in [2.05, 4.69) is 0 Å². The van der Waals surface area contributed by atoms with Crippen molar-refractivity contribution in [1.29, 1.82) is 0 Å². The fraction of sp³-hybridized carbons (Fsp3) is 0.972. The molecule has 5 aliphatic heterocycles. The average molecular weight is 703 g/mol. The second-order valence-corrected chi connectivity index (χ2v) is 13.6. The number of carboxylic acid groups (broad SMARTS) is 1. The molecule has 0 amide bonds. The third-order valence-electron chi connectivity index (χ3n) is 10.5. The lowest BCUT2D eigenvalue weighted by molar-refractivity contribution is -0.336. The summed E-state index contributed by atoms with van der Waals surface area (Å²) in [5.74, 6) is -20.2. The highest BCUT2D eigenvalue weighted by atomic mass is 16.7. The molecular formula is C36H62O11. The predicted molar refractivity (Wildman–Crippen MR) is 172 cm³/mol. The number of aliphatic carboxylic acids is 1. The van der Waals surface area contributed by atoms with Gasteiger partial charge in [0.25, 0.3) is 0 Å². The topological polar surface area (TPSA) is 153 Å². The van der Waals surface area contributed by atoms with E-state index in [0.717, 1.165) is 7.11 Å². The standard InChI is InChI=1S/C36H62O11/c1-10-34(31-20(3)16-26(43-31)28-19(2)15-21(4)36(41,18-37)46-28)12-11-27(44-34)33(8)13-14-35(47-33)17-25(38)22(5)30(45-35)23(6)29(42-9)24(7)32(39)40/h19-31,37-38,41H,10-18H2,1-9H3,(H,39,40)/t19-,20-,21+,22+,23-,24-,25-,26?,27+,28?,29+,30?,31+,33-,34-,35+,36-/m0/s1/i1+1D3,2+1D3,3+1D3,4+1D3,5+1D3,6+1D3,7+1D3,8+1D3. The first-order valence-electron chi connectivity index (χ1n) is 27.8. The quantitative estimate of drug-likeness (QED) is 0.242. The molecule has 5 saturated heterocycles. The first-order valence-corrected chi connectivity index (χ1v) is 15.8. The highest BCUT2D eigenvalue weighted by Gasteiger charge is 2.62. The van der Waals surface area contributed by atoms with Gasteiger partial charge >= 0.3 is 5.97 Å². The summed E-state index contributed by atoms with van der Waals surface area (Å²) in [4.78, 5) is 12.5. The summed E-state index contributed by atoms with van der Waals surface area (Å²) in [6, 6.07) is 0. The molecule has 0 saturated carbocycles. The van der Waals surface area contributed by atoms with E-state index in [-0.39, 0.29) is 0 Å². The molecule has 11 nitrogen and oxygen atoms in total. The van der Waals surface area contributed by atoms with Crippen molar-refractivity contribution < 1.29 is 86.5 Å². The number of carbonyl (C=O) groups is 1. The second-order valence-electron chi connectivity index (χ2n) is 13.6. The Morgan fingerprint density at radius 2 is 1.91 bits per heavy atom. The molecule has 17 atom stereocenters. The predicted octanol–water partition coefficient (Wildman–Crippen LogP) is 4.27. The highest BCUT2D eigenvalue weighted by molar-refractivity contribution is 5.70. The molecule has 5 fully saturated rings. The van der Waals surface area contributed by atoms with Gasteiger partial charge in [0.1, 0.15) is 0 Å². The van der Waals surface area contributed by atoms with Crippen molar-refractivity contribution in [2.24, 2.45) is 35.5 Å². The van der Waals surface area contributed by atoms with Crippen molar-refractivity contribution in [3.05, 3.63) is 0 Å². The van der Waals surface area contributed by atoms with Crippen LogP contribution >= 0.6 is 0 Å². The Bertz CT molecular complexity index is 1880. The lowest BCUT2D eigenvalue weighted by Crippen LogP contribution is -2.57. The van der Waals surface area contributed by atoms with E-state index in [0.29, 0.717) is 0 Å². The molecule has 272 valence electrons. The smallest absolute Gasteiger partial charge is 0.308 e. The van der Waals surface area contributed by atoms with E-state index < -0.39 is 220 Å². The summed E-state index contributed by atoms with van der Waals surface area (Å²) in [6.45, 7) is -27.2. The number of carboxylic acids is 1. The Labute approximate surface area is 314 Å². The van der Waals surface area contributed by atoms with E-state index in [1.54, 1.807) is 0 Å². The van der Waals surface area contributed by atoms with Crippen molar-refractivity contribution in [2.45, 2.75) is 172 Å². The molecule has 1 spiro atoms. The van der Waals surface area contributed by atoms with Crippen LogP contribution in [0.15, 0.2) is 0 Å². The molecular weight excluding hydrogens is 616 g/mol. The van der Waals surface area contributed by atoms with Gasteiger partial charge in [-0.05, 0) is 64.1 Å². The maximum atomic E-state index is 12.5. The van der Waals surface area contributed by atoms with Crippen molar-refractivity contribution in [2.75, 3.05) is 13.7 Å². The van der Waals surface area contributed by atoms with Crippen molar-refractivity contribution in [3.8, 4) is 0 Å². The monoisotopic (exact) mass is 703 g/mol. The lowest BCUT2D eigenvalue weighted by Gasteiger charge is -2.49. The zero-order valence-corrected chi connectivity index (χ0v) is 26.0. The molecule has 0 aromatic rings. The molecule has 5 heterocycles. The van der Waals surface area contributed by atoms with E-state index in [1.807, 2.05) is 0 Å². The number of ether oxygens (including phenoxy) is 6. The maximum absolute atomic E-state index is 12.5. The lowest BCUT2D eigenvalue weighted by atomic mass is 9.83. The number of methoxy groups -OCH3 is 1. The van der Waals surface area contributed by atoms with E-state index >= 15 is 0 Å². The van der Waals surface area contributed by atoms with E-state index in [9.17, 15) is 25.2 Å². The van der Waals surface area contributed by atoms with Gasteiger partial charge in [-0.2, -0.15) is 0 Å². The van der Waals surface area contributed by atoms with Crippen LogP contribution in [0, 0.1) is 35.5 Å². The Morgan fingerprint density at radius 1 is 1.06 bits per heavy atom. The minimum atomic E-state index is -3.51. The largest absolute Gasteiger partial charge is 0.481 e. The number of rotatable bonds is 10. The fourth-order valence-electron chi connectivity index (χ4n) is 7.83. The van der Waals surface area contributed by atoms with Gasteiger partial charge in [-0.3, -0.25) is 4.79 Å². The summed E-state index contributed by atoms with van der Waals surface area (Å²) in [7, 11) is 0.783. The molecule has 0 aromatic carbocycles. The van der Waals surface area contributed by atoms with Gasteiger partial charge in [0.15, 0.2) is 11.6 Å². The number of aliphatic hydroxyl groups excluding tert-OH is 2. The van der Waals surface area contributed by atoms with Gasteiger partial charge < -0.3 is 48.8 Å². The highest BCUT2D eigenvalue weighted by Crippen LogP contribution is 2.55. The first kappa shape index (κ1) is 17.1. The van der Waals surface area contributed by atoms with Crippen LogP contribution in [0.25, 0.3) is 0 Å². The van der Waals surface area contributed by atoms with Crippen LogP contribution in [0.2, 0.25) is 0 Å². The van der Waals surface area contributed by atoms with Crippen molar-refractivity contribution in [1.82, 2.24) is 0 Å². The zero-order valence-electron chi connectivity index (χ0n) is 50.0. The van der Waals surface area contributed by atoms with Crippen molar-refractivity contribution >= 4 is 5.97 Å². The van der Waals surface area contributed by atoms with Gasteiger partial charge in [-0.15, -0.1) is 0 Å². The molecule has 0 aliphatic carbocycles. The van der Waals surface area contributed by atoms with Gasteiger partial charge in [-0.1, -0.05) is 41.1 Å². The average Bonchev–Trinajstić information content (AvgIpc) is 3.88. The third-order valence-corrected chi connectivity index (χ3v) is 10.5. The van der Waals surface area contributed by atoms with E-state index in [4.69, 9.17) is 61.3 Å². The van der Waals surface area contributed by atoms with Crippen LogP contribution in [-0.2, 0) is 33.2 Å². The summed E-state index contributed by atoms with van der Waals surface area (Å²) < 4.78 is 237. The van der Waals surface area contributed by atoms with Gasteiger partial charge in [-0.25, -0.2) is 0 Å². The van der Waals surface area contributed by atoms with Crippen LogP contribution in [0.4, 0.5) is 0 Å². The molecule has 5 rings (SSSR count). The molecule has 0 aromatic heterocycles. The molecule has 11 heteroatoms. The van der Waals surface area contributed by atoms with Gasteiger partial charge in [0.05, 0.1) is 66.5 Å². The summed E-state index contributed by atoms with van der Waals surface area (Å²) in [5, 5.41) is 43.3.